The van der Waals surface area contributed by atoms with Crippen molar-refractivity contribution in [2.75, 3.05) is 62.2 Å². The molecule has 8 rings (SSSR count). The number of nitrogens with zero attached hydrogens (tertiary/aromatic N) is 7. The van der Waals surface area contributed by atoms with Gasteiger partial charge in [-0.1, -0.05) is 60.7 Å². The molecule has 300 valence electrons. The third kappa shape index (κ3) is 12.3. The van der Waals surface area contributed by atoms with E-state index in [1.54, 1.807) is 72.8 Å². The smallest absolute Gasteiger partial charge is 0.261 e. The first-order valence-corrected chi connectivity index (χ1v) is 23.1. The van der Waals surface area contributed by atoms with Gasteiger partial charge in [0.25, 0.3) is 9.05 Å². The molecule has 12 nitrogen and oxygen atoms in total. The highest BCUT2D eigenvalue weighted by Crippen LogP contribution is 2.24. The molecule has 6 aromatic rings. The predicted molar refractivity (Wildman–Crippen MR) is 220 cm³/mol. The lowest BCUT2D eigenvalue weighted by molar-refractivity contribution is 0.384. The Hall–Kier alpha value is -4.43. The monoisotopic (exact) mass is 872 g/mol. The van der Waals surface area contributed by atoms with Crippen LogP contribution in [0.2, 0.25) is 0 Å². The Morgan fingerprint density at radius 2 is 1.00 bits per heavy atom. The fourth-order valence-electron chi connectivity index (χ4n) is 5.76. The summed E-state index contributed by atoms with van der Waals surface area (Å²) in [6.45, 7) is 5.89. The second-order valence-corrected chi connectivity index (χ2v) is 18.7. The van der Waals surface area contributed by atoms with E-state index in [0.717, 1.165) is 53.4 Å². The predicted octanol–water partition coefficient (Wildman–Crippen LogP) is 6.07. The molecule has 0 unspecified atom stereocenters. The molecule has 2 aliphatic rings. The van der Waals surface area contributed by atoms with Crippen LogP contribution < -0.4 is 15.1 Å². The summed E-state index contributed by atoms with van der Waals surface area (Å²) in [5.41, 5.74) is 1.98. The van der Waals surface area contributed by atoms with Gasteiger partial charge in [0, 0.05) is 98.9 Å². The van der Waals surface area contributed by atoms with E-state index in [2.05, 4.69) is 33.8 Å². The number of hydrogen-bond donors (Lipinski definition) is 1. The van der Waals surface area contributed by atoms with E-state index in [-0.39, 0.29) is 16.5 Å². The highest BCUT2D eigenvalue weighted by molar-refractivity contribution is 8.13. The molecule has 0 amide bonds. The first kappa shape index (κ1) is 42.2. The molecule has 19 heteroatoms. The number of piperazine rings is 2. The van der Waals surface area contributed by atoms with Crippen LogP contribution in [0.3, 0.4) is 0 Å². The first-order chi connectivity index (χ1) is 27.4. The van der Waals surface area contributed by atoms with Crippen molar-refractivity contribution in [2.24, 2.45) is 0 Å². The molecule has 2 aliphatic heterocycles. The van der Waals surface area contributed by atoms with Crippen molar-refractivity contribution in [3.05, 3.63) is 144 Å². The Morgan fingerprint density at radius 3 is 1.42 bits per heavy atom. The molecule has 57 heavy (non-hydrogen) atoms. The molecule has 4 aromatic carbocycles. The van der Waals surface area contributed by atoms with E-state index < -0.39 is 19.1 Å². The van der Waals surface area contributed by atoms with Crippen LogP contribution in [0.1, 0.15) is 22.8 Å². The van der Waals surface area contributed by atoms with Crippen molar-refractivity contribution in [1.82, 2.24) is 28.3 Å². The number of halogens is 3. The third-order valence-electron chi connectivity index (χ3n) is 8.77. The Balaban J connectivity index is 0.000000162. The lowest BCUT2D eigenvalue weighted by atomic mass is 10.1. The van der Waals surface area contributed by atoms with Crippen molar-refractivity contribution in [3.8, 4) is 0 Å². The van der Waals surface area contributed by atoms with E-state index in [9.17, 15) is 25.6 Å². The molecule has 0 radical (unpaired) electrons. The first-order valence-electron chi connectivity index (χ1n) is 17.8. The summed E-state index contributed by atoms with van der Waals surface area (Å²) < 4.78 is 82.8. The van der Waals surface area contributed by atoms with Gasteiger partial charge in [0.2, 0.25) is 20.3 Å². The number of hydrogen-bond acceptors (Lipinski definition) is 13. The van der Waals surface area contributed by atoms with Gasteiger partial charge in [-0.15, -0.1) is 0 Å². The van der Waals surface area contributed by atoms with Gasteiger partial charge in [-0.2, -0.15) is 13.1 Å². The van der Waals surface area contributed by atoms with Gasteiger partial charge in [-0.25, -0.2) is 35.6 Å². The Kier molecular flexibility index (Phi) is 14.7. The van der Waals surface area contributed by atoms with E-state index in [4.69, 9.17) is 10.7 Å². The van der Waals surface area contributed by atoms with E-state index >= 15 is 0 Å². The molecule has 0 aliphatic carbocycles. The molecule has 0 atom stereocenters. The molecule has 0 bridgehead atoms. The molecular weight excluding hydrogens is 834 g/mol. The highest BCUT2D eigenvalue weighted by atomic mass is 35.7. The number of rotatable bonds is 9. The second kappa shape index (κ2) is 19.8. The number of benzene rings is 4. The van der Waals surface area contributed by atoms with Gasteiger partial charge >= 0.3 is 0 Å². The highest BCUT2D eigenvalue weighted by Gasteiger charge is 2.29. The Bertz CT molecular complexity index is 2380. The maximum absolute atomic E-state index is 13.0. The standard InChI is InChI=1S/C19H19FN4O2S2.C13H15FN4S.C6H5ClO2S/c20-16-8-6-15(7-9-16)14-18-21-19(27-22-18)23-10-12-24(13-11-23)28(25,26)17-4-2-1-3-5-17;14-11-3-1-10(2-4-11)9-12-16-13(19-17-12)18-7-5-15-6-8-18;7-10(8,9)6-4-2-1-3-5-6/h1-9H,10-14H2;1-4,15H,5-9H2;1-5H. The molecule has 1 N–H and O–H groups in total. The summed E-state index contributed by atoms with van der Waals surface area (Å²) in [6.07, 6.45) is 1.20. The van der Waals surface area contributed by atoms with Crippen molar-refractivity contribution < 1.29 is 25.6 Å². The van der Waals surface area contributed by atoms with Crippen LogP contribution in [0.15, 0.2) is 119 Å². The van der Waals surface area contributed by atoms with Crippen LogP contribution >= 0.6 is 33.7 Å². The van der Waals surface area contributed by atoms with E-state index in [1.165, 1.54) is 63.8 Å². The van der Waals surface area contributed by atoms with Crippen molar-refractivity contribution in [2.45, 2.75) is 22.6 Å². The van der Waals surface area contributed by atoms with Crippen molar-refractivity contribution in [1.29, 1.82) is 0 Å². The largest absolute Gasteiger partial charge is 0.344 e. The van der Waals surface area contributed by atoms with E-state index in [0.29, 0.717) is 49.7 Å². The van der Waals surface area contributed by atoms with Gasteiger partial charge in [0.15, 0.2) is 0 Å². The fourth-order valence-corrected chi connectivity index (χ4v) is 9.47. The van der Waals surface area contributed by atoms with Crippen LogP contribution in [-0.4, -0.2) is 92.2 Å². The van der Waals surface area contributed by atoms with Crippen LogP contribution in [-0.2, 0) is 31.9 Å². The lowest BCUT2D eigenvalue weighted by Gasteiger charge is -2.33. The summed E-state index contributed by atoms with van der Waals surface area (Å²) in [5, 5.41) is 5.09. The van der Waals surface area contributed by atoms with Gasteiger partial charge < -0.3 is 15.1 Å². The van der Waals surface area contributed by atoms with Crippen molar-refractivity contribution >= 4 is 63.1 Å². The zero-order valence-corrected chi connectivity index (χ0v) is 34.5. The molecule has 2 aromatic heterocycles. The van der Waals surface area contributed by atoms with Crippen LogP contribution in [0, 0.1) is 11.6 Å². The second-order valence-electron chi connectivity index (χ2n) is 12.8. The molecule has 0 spiro atoms. The molecule has 2 saturated heterocycles. The Labute approximate surface area is 343 Å². The third-order valence-corrected chi connectivity index (χ3v) is 13.7. The molecule has 4 heterocycles. The quantitative estimate of drug-likeness (QED) is 0.169. The van der Waals surface area contributed by atoms with Crippen LogP contribution in [0.25, 0.3) is 0 Å². The number of nitrogens with one attached hydrogen (secondary N) is 1. The van der Waals surface area contributed by atoms with Gasteiger partial charge in [-0.05, 0) is 59.7 Å². The minimum absolute atomic E-state index is 0.136. The van der Waals surface area contributed by atoms with Gasteiger partial charge in [0.1, 0.15) is 23.3 Å². The van der Waals surface area contributed by atoms with Gasteiger partial charge in [-0.3, -0.25) is 0 Å². The minimum atomic E-state index is -3.53. The molecule has 0 saturated carbocycles. The molecular formula is C38H39ClF2N8O4S4. The summed E-state index contributed by atoms with van der Waals surface area (Å²) >= 11 is 2.75. The number of aromatic nitrogens is 4. The summed E-state index contributed by atoms with van der Waals surface area (Å²) in [4.78, 5) is 13.9. The Morgan fingerprint density at radius 1 is 0.579 bits per heavy atom. The topological polar surface area (TPSA) is 142 Å². The normalized spacial score (nSPS) is 14.9. The average molecular weight is 873 g/mol. The lowest BCUT2D eigenvalue weighted by Crippen LogP contribution is -2.48. The summed E-state index contributed by atoms with van der Waals surface area (Å²) in [7, 11) is -1.96. The SMILES string of the molecule is Fc1ccc(Cc2nsc(N3CCNCC3)n2)cc1.O=S(=O)(Cl)c1ccccc1.O=S(=O)(c1ccccc1)N1CCN(c2nc(Cc3ccc(F)cc3)ns2)CC1. The van der Waals surface area contributed by atoms with Gasteiger partial charge in [0.05, 0.1) is 9.79 Å². The minimum Gasteiger partial charge on any atom is -0.344 e. The maximum atomic E-state index is 13.0. The fraction of sp³-hybridized carbons (Fsp3) is 0.263. The maximum Gasteiger partial charge on any atom is 0.261 e. The zero-order chi connectivity index (χ0) is 40.3. The zero-order valence-electron chi connectivity index (χ0n) is 30.5. The summed E-state index contributed by atoms with van der Waals surface area (Å²) in [6, 6.07) is 29.2. The van der Waals surface area contributed by atoms with Crippen LogP contribution in [0.5, 0.6) is 0 Å². The number of sulfonamides is 1. The summed E-state index contributed by atoms with van der Waals surface area (Å²) in [5.74, 6) is 1.02. The molecule has 2 fully saturated rings. The van der Waals surface area contributed by atoms with Crippen molar-refractivity contribution in [3.63, 3.8) is 0 Å². The van der Waals surface area contributed by atoms with Crippen LogP contribution in [0.4, 0.5) is 19.0 Å². The van der Waals surface area contributed by atoms with E-state index in [1.807, 2.05) is 0 Å². The number of anilines is 2. The average Bonchev–Trinajstić information content (AvgIpc) is 3.91.